The van der Waals surface area contributed by atoms with Crippen LogP contribution in [0.2, 0.25) is 0 Å². The first-order valence-corrected chi connectivity index (χ1v) is 7.97. The van der Waals surface area contributed by atoms with Gasteiger partial charge in [-0.1, -0.05) is 20.4 Å². The standard InChI is InChI=1S/C18H24N4/c1-12(2)15-5-6-17-16(20-15)7-8-18(21-17)22-10-9-14(11-22)19-13(3)4/h5-8,13-14,19H,1,9-11H2,2-4H3. The molecule has 1 saturated heterocycles. The van der Waals surface area contributed by atoms with Crippen molar-refractivity contribution in [3.63, 3.8) is 0 Å². The molecule has 0 amide bonds. The Bertz CT molecular complexity index is 693. The molecule has 1 N–H and O–H groups in total. The van der Waals surface area contributed by atoms with E-state index in [2.05, 4.69) is 47.8 Å². The lowest BCUT2D eigenvalue weighted by Crippen LogP contribution is -2.37. The largest absolute Gasteiger partial charge is 0.355 e. The number of rotatable bonds is 4. The number of hydrogen-bond acceptors (Lipinski definition) is 4. The molecular formula is C18H24N4. The maximum atomic E-state index is 4.78. The van der Waals surface area contributed by atoms with Crippen LogP contribution in [0.15, 0.2) is 30.8 Å². The first-order chi connectivity index (χ1) is 10.5. The Morgan fingerprint density at radius 1 is 1.23 bits per heavy atom. The van der Waals surface area contributed by atoms with Gasteiger partial charge in [0.25, 0.3) is 0 Å². The SMILES string of the molecule is C=C(C)c1ccc2nc(N3CCC(NC(C)C)C3)ccc2n1. The number of allylic oxidation sites excluding steroid dienone is 1. The Morgan fingerprint density at radius 3 is 2.68 bits per heavy atom. The maximum Gasteiger partial charge on any atom is 0.129 e. The van der Waals surface area contributed by atoms with Crippen LogP contribution in [0.5, 0.6) is 0 Å². The molecule has 1 atom stereocenters. The molecule has 22 heavy (non-hydrogen) atoms. The Hall–Kier alpha value is -1.94. The van der Waals surface area contributed by atoms with Gasteiger partial charge in [-0.3, -0.25) is 0 Å². The Kier molecular flexibility index (Phi) is 4.12. The van der Waals surface area contributed by atoms with E-state index in [0.29, 0.717) is 12.1 Å². The van der Waals surface area contributed by atoms with Gasteiger partial charge >= 0.3 is 0 Å². The highest BCUT2D eigenvalue weighted by Gasteiger charge is 2.23. The molecule has 3 rings (SSSR count). The lowest BCUT2D eigenvalue weighted by molar-refractivity contribution is 0.492. The summed E-state index contributed by atoms with van der Waals surface area (Å²) < 4.78 is 0. The number of pyridine rings is 2. The second-order valence-electron chi connectivity index (χ2n) is 6.44. The summed E-state index contributed by atoms with van der Waals surface area (Å²) in [7, 11) is 0. The minimum atomic E-state index is 0.527. The molecule has 0 aromatic carbocycles. The van der Waals surface area contributed by atoms with Crippen LogP contribution in [0.4, 0.5) is 5.82 Å². The number of nitrogens with one attached hydrogen (secondary N) is 1. The minimum Gasteiger partial charge on any atom is -0.355 e. The predicted octanol–water partition coefficient (Wildman–Crippen LogP) is 3.24. The molecule has 3 heterocycles. The molecule has 0 bridgehead atoms. The van der Waals surface area contributed by atoms with E-state index >= 15 is 0 Å². The zero-order valence-corrected chi connectivity index (χ0v) is 13.6. The van der Waals surface area contributed by atoms with Crippen molar-refractivity contribution >= 4 is 22.4 Å². The Balaban J connectivity index is 1.81. The topological polar surface area (TPSA) is 41.1 Å². The van der Waals surface area contributed by atoms with Crippen molar-refractivity contribution < 1.29 is 0 Å². The summed E-state index contributed by atoms with van der Waals surface area (Å²) in [5.74, 6) is 1.05. The van der Waals surface area contributed by atoms with E-state index in [4.69, 9.17) is 4.98 Å². The number of anilines is 1. The lowest BCUT2D eigenvalue weighted by atomic mass is 10.2. The number of hydrogen-bond donors (Lipinski definition) is 1. The Morgan fingerprint density at radius 2 is 1.95 bits per heavy atom. The third-order valence-corrected chi connectivity index (χ3v) is 4.05. The third-order valence-electron chi connectivity index (χ3n) is 4.05. The van der Waals surface area contributed by atoms with Crippen LogP contribution >= 0.6 is 0 Å². The number of fused-ring (bicyclic) bond motifs is 1. The van der Waals surface area contributed by atoms with Gasteiger partial charge < -0.3 is 10.2 Å². The van der Waals surface area contributed by atoms with E-state index in [-0.39, 0.29) is 0 Å². The van der Waals surface area contributed by atoms with Gasteiger partial charge in [0.1, 0.15) is 5.82 Å². The molecule has 0 saturated carbocycles. The van der Waals surface area contributed by atoms with Crippen LogP contribution in [-0.4, -0.2) is 35.1 Å². The van der Waals surface area contributed by atoms with Crippen LogP contribution in [0.25, 0.3) is 16.6 Å². The molecule has 1 aliphatic heterocycles. The molecule has 0 radical (unpaired) electrons. The van der Waals surface area contributed by atoms with Crippen molar-refractivity contribution in [2.75, 3.05) is 18.0 Å². The number of nitrogens with zero attached hydrogens (tertiary/aromatic N) is 3. The summed E-state index contributed by atoms with van der Waals surface area (Å²) in [5, 5.41) is 3.61. The first kappa shape index (κ1) is 15.0. The van der Waals surface area contributed by atoms with E-state index in [1.807, 2.05) is 19.1 Å². The van der Waals surface area contributed by atoms with Crippen molar-refractivity contribution in [1.82, 2.24) is 15.3 Å². The highest BCUT2D eigenvalue weighted by molar-refractivity contribution is 5.78. The van der Waals surface area contributed by atoms with Crippen LogP contribution < -0.4 is 10.2 Å². The van der Waals surface area contributed by atoms with Crippen molar-refractivity contribution in [2.45, 2.75) is 39.3 Å². The highest BCUT2D eigenvalue weighted by Crippen LogP contribution is 2.22. The van der Waals surface area contributed by atoms with Crippen LogP contribution in [0.3, 0.4) is 0 Å². The third kappa shape index (κ3) is 3.12. The summed E-state index contributed by atoms with van der Waals surface area (Å²) in [4.78, 5) is 11.7. The summed E-state index contributed by atoms with van der Waals surface area (Å²) in [6, 6.07) is 9.26. The monoisotopic (exact) mass is 296 g/mol. The smallest absolute Gasteiger partial charge is 0.129 e. The molecule has 4 nitrogen and oxygen atoms in total. The van der Waals surface area contributed by atoms with Crippen molar-refractivity contribution in [1.29, 1.82) is 0 Å². The quantitative estimate of drug-likeness (QED) is 0.940. The minimum absolute atomic E-state index is 0.527. The van der Waals surface area contributed by atoms with Gasteiger partial charge in [-0.15, -0.1) is 0 Å². The van der Waals surface area contributed by atoms with Crippen LogP contribution in [-0.2, 0) is 0 Å². The van der Waals surface area contributed by atoms with Crippen LogP contribution in [0.1, 0.15) is 32.9 Å². The summed E-state index contributed by atoms with van der Waals surface area (Å²) in [5.41, 5.74) is 3.79. The molecule has 4 heteroatoms. The average Bonchev–Trinajstić information content (AvgIpc) is 2.93. The zero-order chi connectivity index (χ0) is 15.7. The van der Waals surface area contributed by atoms with Gasteiger partial charge in [0.2, 0.25) is 0 Å². The molecule has 0 spiro atoms. The second-order valence-corrected chi connectivity index (χ2v) is 6.44. The van der Waals surface area contributed by atoms with E-state index in [9.17, 15) is 0 Å². The molecular weight excluding hydrogens is 272 g/mol. The first-order valence-electron chi connectivity index (χ1n) is 7.97. The van der Waals surface area contributed by atoms with Gasteiger partial charge in [-0.2, -0.15) is 0 Å². The summed E-state index contributed by atoms with van der Waals surface area (Å²) in [6.07, 6.45) is 1.17. The Labute approximate surface area is 132 Å². The van der Waals surface area contributed by atoms with Crippen molar-refractivity contribution in [3.05, 3.63) is 36.5 Å². The highest BCUT2D eigenvalue weighted by atomic mass is 15.2. The van der Waals surface area contributed by atoms with Crippen molar-refractivity contribution in [3.8, 4) is 0 Å². The van der Waals surface area contributed by atoms with Gasteiger partial charge in [0.15, 0.2) is 0 Å². The molecule has 1 aliphatic rings. The fourth-order valence-electron chi connectivity index (χ4n) is 2.99. The van der Waals surface area contributed by atoms with Gasteiger partial charge in [-0.25, -0.2) is 9.97 Å². The maximum absolute atomic E-state index is 4.78. The molecule has 116 valence electrons. The molecule has 1 unspecified atom stereocenters. The fraction of sp³-hybridized carbons (Fsp3) is 0.444. The summed E-state index contributed by atoms with van der Waals surface area (Å²) in [6.45, 7) is 12.4. The predicted molar refractivity (Wildman–Crippen MR) is 93.1 cm³/mol. The second kappa shape index (κ2) is 6.05. The van der Waals surface area contributed by atoms with Crippen LogP contribution in [0, 0.1) is 0 Å². The summed E-state index contributed by atoms with van der Waals surface area (Å²) >= 11 is 0. The van der Waals surface area contributed by atoms with Crippen molar-refractivity contribution in [2.24, 2.45) is 0 Å². The molecule has 0 aliphatic carbocycles. The van der Waals surface area contributed by atoms with Gasteiger partial charge in [0, 0.05) is 25.2 Å². The normalized spacial score (nSPS) is 18.4. The molecule has 2 aromatic heterocycles. The van der Waals surface area contributed by atoms with E-state index in [1.165, 1.54) is 6.42 Å². The average molecular weight is 296 g/mol. The molecule has 2 aromatic rings. The van der Waals surface area contributed by atoms with E-state index < -0.39 is 0 Å². The van der Waals surface area contributed by atoms with E-state index in [0.717, 1.165) is 41.2 Å². The van der Waals surface area contributed by atoms with Gasteiger partial charge in [-0.05, 0) is 43.2 Å². The zero-order valence-electron chi connectivity index (χ0n) is 13.6. The lowest BCUT2D eigenvalue weighted by Gasteiger charge is -2.19. The molecule has 1 fully saturated rings. The fourth-order valence-corrected chi connectivity index (χ4v) is 2.99. The van der Waals surface area contributed by atoms with E-state index in [1.54, 1.807) is 0 Å². The van der Waals surface area contributed by atoms with Gasteiger partial charge in [0.05, 0.1) is 16.7 Å². The number of aromatic nitrogens is 2.